The Bertz CT molecular complexity index is 537. The Morgan fingerprint density at radius 1 is 1.12 bits per heavy atom. The van der Waals surface area contributed by atoms with Crippen LogP contribution in [0.15, 0.2) is 33.4 Å². The molecule has 17 heavy (non-hydrogen) atoms. The first-order valence-corrected chi connectivity index (χ1v) is 5.72. The summed E-state index contributed by atoms with van der Waals surface area (Å²) in [6.07, 6.45) is 0. The number of benzene rings is 1. The highest BCUT2D eigenvalue weighted by Crippen LogP contribution is 2.38. The number of nitrogen functional groups attached to an aromatic ring is 1. The molecule has 0 aliphatic carbocycles. The van der Waals surface area contributed by atoms with Crippen LogP contribution < -0.4 is 15.2 Å². The molecule has 0 aliphatic heterocycles. The van der Waals surface area contributed by atoms with Gasteiger partial charge < -0.3 is 19.6 Å². The van der Waals surface area contributed by atoms with Crippen molar-refractivity contribution in [1.82, 2.24) is 0 Å². The Balaban J connectivity index is 2.55. The molecule has 0 atom stereocenters. The summed E-state index contributed by atoms with van der Waals surface area (Å²) in [6.45, 7) is 0. The molecule has 1 aromatic carbocycles. The van der Waals surface area contributed by atoms with Crippen LogP contribution in [0.2, 0.25) is 0 Å². The zero-order chi connectivity index (χ0) is 12.4. The van der Waals surface area contributed by atoms with E-state index in [1.165, 1.54) is 0 Å². The van der Waals surface area contributed by atoms with Crippen LogP contribution >= 0.6 is 15.9 Å². The van der Waals surface area contributed by atoms with Gasteiger partial charge in [-0.2, -0.15) is 0 Å². The summed E-state index contributed by atoms with van der Waals surface area (Å²) >= 11 is 3.25. The zero-order valence-electron chi connectivity index (χ0n) is 9.49. The van der Waals surface area contributed by atoms with Crippen LogP contribution in [0, 0.1) is 0 Å². The minimum atomic E-state index is 0.574. The molecule has 0 spiro atoms. The van der Waals surface area contributed by atoms with Crippen molar-refractivity contribution >= 4 is 21.6 Å². The fraction of sp³-hybridized carbons (Fsp3) is 0.167. The molecular weight excluding hydrogens is 286 g/mol. The van der Waals surface area contributed by atoms with E-state index in [0.717, 1.165) is 5.56 Å². The molecule has 1 aromatic heterocycles. The van der Waals surface area contributed by atoms with Gasteiger partial charge in [-0.25, -0.2) is 0 Å². The van der Waals surface area contributed by atoms with Crippen molar-refractivity contribution in [2.45, 2.75) is 0 Å². The van der Waals surface area contributed by atoms with Crippen LogP contribution in [0.5, 0.6) is 11.5 Å². The van der Waals surface area contributed by atoms with E-state index in [-0.39, 0.29) is 0 Å². The lowest BCUT2D eigenvalue weighted by molar-refractivity contribution is 0.355. The smallest absolute Gasteiger partial charge is 0.169 e. The Morgan fingerprint density at radius 3 is 2.29 bits per heavy atom. The van der Waals surface area contributed by atoms with E-state index in [1.807, 2.05) is 12.1 Å². The Labute approximate surface area is 107 Å². The van der Waals surface area contributed by atoms with Crippen molar-refractivity contribution in [2.75, 3.05) is 20.0 Å². The lowest BCUT2D eigenvalue weighted by Gasteiger charge is -2.11. The van der Waals surface area contributed by atoms with E-state index in [0.29, 0.717) is 27.6 Å². The fourth-order valence-electron chi connectivity index (χ4n) is 1.57. The molecule has 2 N–H and O–H groups in total. The minimum Gasteiger partial charge on any atom is -0.493 e. The molecule has 0 radical (unpaired) electrons. The number of ether oxygens (including phenoxy) is 2. The summed E-state index contributed by atoms with van der Waals surface area (Å²) in [5.74, 6) is 1.89. The van der Waals surface area contributed by atoms with Crippen molar-refractivity contribution < 1.29 is 13.9 Å². The predicted octanol–water partition coefficient (Wildman–Crippen LogP) is 3.31. The maximum absolute atomic E-state index is 5.95. The Morgan fingerprint density at radius 2 is 1.76 bits per heavy atom. The first kappa shape index (κ1) is 11.9. The second kappa shape index (κ2) is 4.71. The van der Waals surface area contributed by atoms with Crippen molar-refractivity contribution in [2.24, 2.45) is 0 Å². The van der Waals surface area contributed by atoms with Crippen molar-refractivity contribution in [1.29, 1.82) is 0 Å². The maximum atomic E-state index is 5.95. The highest BCUT2D eigenvalue weighted by atomic mass is 79.9. The van der Waals surface area contributed by atoms with E-state index in [9.17, 15) is 0 Å². The van der Waals surface area contributed by atoms with Gasteiger partial charge >= 0.3 is 0 Å². The lowest BCUT2D eigenvalue weighted by atomic mass is 10.1. The molecule has 4 nitrogen and oxygen atoms in total. The molecule has 0 saturated heterocycles. The largest absolute Gasteiger partial charge is 0.493 e. The predicted molar refractivity (Wildman–Crippen MR) is 69.4 cm³/mol. The molecule has 90 valence electrons. The molecule has 5 heteroatoms. The number of halogens is 1. The van der Waals surface area contributed by atoms with Crippen LogP contribution in [-0.4, -0.2) is 14.2 Å². The van der Waals surface area contributed by atoms with Gasteiger partial charge in [0.25, 0.3) is 0 Å². The lowest BCUT2D eigenvalue weighted by Crippen LogP contribution is -1.95. The Hall–Kier alpha value is -1.62. The van der Waals surface area contributed by atoms with E-state index in [2.05, 4.69) is 15.9 Å². The monoisotopic (exact) mass is 297 g/mol. The molecule has 0 aliphatic rings. The van der Waals surface area contributed by atoms with Crippen molar-refractivity contribution in [3.63, 3.8) is 0 Å². The van der Waals surface area contributed by atoms with Gasteiger partial charge in [-0.3, -0.25) is 0 Å². The highest BCUT2D eigenvalue weighted by Gasteiger charge is 2.13. The van der Waals surface area contributed by atoms with Gasteiger partial charge in [-0.1, -0.05) is 0 Å². The van der Waals surface area contributed by atoms with E-state index in [4.69, 9.17) is 19.6 Å². The molecule has 0 fully saturated rings. The molecule has 0 bridgehead atoms. The van der Waals surface area contributed by atoms with Gasteiger partial charge in [0, 0.05) is 17.3 Å². The number of anilines is 1. The van der Waals surface area contributed by atoms with Crippen LogP contribution in [0.25, 0.3) is 11.3 Å². The molecule has 2 rings (SSSR count). The second-order valence-electron chi connectivity index (χ2n) is 3.40. The van der Waals surface area contributed by atoms with E-state index in [1.54, 1.807) is 26.4 Å². The topological polar surface area (TPSA) is 57.6 Å². The summed E-state index contributed by atoms with van der Waals surface area (Å²) in [4.78, 5) is 0. The molecule has 1 heterocycles. The number of furan rings is 1. The third kappa shape index (κ3) is 2.24. The third-order valence-corrected chi connectivity index (χ3v) is 2.82. The van der Waals surface area contributed by atoms with E-state index < -0.39 is 0 Å². The van der Waals surface area contributed by atoms with E-state index >= 15 is 0 Å². The first-order chi connectivity index (χ1) is 8.15. The summed E-state index contributed by atoms with van der Waals surface area (Å²) in [5, 5.41) is 0. The molecule has 0 unspecified atom stereocenters. The number of rotatable bonds is 3. The zero-order valence-corrected chi connectivity index (χ0v) is 11.1. The van der Waals surface area contributed by atoms with Gasteiger partial charge in [0.05, 0.1) is 14.2 Å². The van der Waals surface area contributed by atoms with Crippen LogP contribution in [0.4, 0.5) is 5.69 Å². The number of methoxy groups -OCH3 is 2. The fourth-order valence-corrected chi connectivity index (χ4v) is 1.87. The average Bonchev–Trinajstić information content (AvgIpc) is 2.75. The SMILES string of the molecule is COc1cc(N)c(-c2ccc(Br)o2)cc1OC. The van der Waals surface area contributed by atoms with Gasteiger partial charge in [0.15, 0.2) is 16.2 Å². The molecular formula is C12H12BrNO3. The minimum absolute atomic E-state index is 0.574. The standard InChI is InChI=1S/C12H12BrNO3/c1-15-10-5-7(8(14)6-11(10)16-2)9-3-4-12(13)17-9/h3-6H,14H2,1-2H3. The van der Waals surface area contributed by atoms with Gasteiger partial charge in [-0.05, 0) is 34.1 Å². The van der Waals surface area contributed by atoms with Gasteiger partial charge in [0.1, 0.15) is 5.76 Å². The summed E-state index contributed by atoms with van der Waals surface area (Å²) in [6, 6.07) is 7.15. The van der Waals surface area contributed by atoms with Crippen molar-refractivity contribution in [3.8, 4) is 22.8 Å². The second-order valence-corrected chi connectivity index (χ2v) is 4.18. The quantitative estimate of drug-likeness (QED) is 0.883. The van der Waals surface area contributed by atoms with Crippen LogP contribution in [-0.2, 0) is 0 Å². The highest BCUT2D eigenvalue weighted by molar-refractivity contribution is 9.10. The average molecular weight is 298 g/mol. The van der Waals surface area contributed by atoms with Crippen LogP contribution in [0.1, 0.15) is 0 Å². The summed E-state index contributed by atoms with van der Waals surface area (Å²) in [5.41, 5.74) is 7.30. The van der Waals surface area contributed by atoms with Crippen LogP contribution in [0.3, 0.4) is 0 Å². The number of hydrogen-bond donors (Lipinski definition) is 1. The normalized spacial score (nSPS) is 10.3. The Kier molecular flexibility index (Phi) is 3.28. The summed E-state index contributed by atoms with van der Waals surface area (Å²) < 4.78 is 16.5. The molecule has 0 saturated carbocycles. The maximum Gasteiger partial charge on any atom is 0.169 e. The van der Waals surface area contributed by atoms with Gasteiger partial charge in [-0.15, -0.1) is 0 Å². The van der Waals surface area contributed by atoms with Gasteiger partial charge in [0.2, 0.25) is 0 Å². The first-order valence-electron chi connectivity index (χ1n) is 4.93. The number of nitrogens with two attached hydrogens (primary N) is 1. The number of hydrogen-bond acceptors (Lipinski definition) is 4. The molecule has 2 aromatic rings. The summed E-state index contributed by atoms with van der Waals surface area (Å²) in [7, 11) is 3.15. The van der Waals surface area contributed by atoms with Crippen molar-refractivity contribution in [3.05, 3.63) is 28.9 Å². The third-order valence-electron chi connectivity index (χ3n) is 2.39. The molecule has 0 amide bonds.